The minimum Gasteiger partial charge on any atom is -0.459 e. The van der Waals surface area contributed by atoms with Crippen molar-refractivity contribution in [2.45, 2.75) is 38.6 Å². The molecule has 5 heteroatoms. The first-order chi connectivity index (χ1) is 10.1. The van der Waals surface area contributed by atoms with E-state index in [9.17, 15) is 9.59 Å². The standard InChI is InChI=1S/C16H22N2O3/c1-10(13-8-11-4-5-12(13)7-11)18-15(19)9-17-16(20)14-3-2-6-21-14/h2-3,6,10-13H,4-5,7-9H2,1H3,(H,17,20)(H,18,19). The minimum absolute atomic E-state index is 0.00924. The summed E-state index contributed by atoms with van der Waals surface area (Å²) in [5.74, 6) is 1.99. The van der Waals surface area contributed by atoms with Crippen LogP contribution < -0.4 is 10.6 Å². The van der Waals surface area contributed by atoms with Gasteiger partial charge in [0, 0.05) is 6.04 Å². The SMILES string of the molecule is CC(NC(=O)CNC(=O)c1ccco1)C1CC2CCC1C2. The Morgan fingerprint density at radius 3 is 2.86 bits per heavy atom. The van der Waals surface area contributed by atoms with E-state index in [2.05, 4.69) is 17.6 Å². The Bertz CT molecular complexity index is 512. The fourth-order valence-electron chi connectivity index (χ4n) is 3.97. The van der Waals surface area contributed by atoms with Gasteiger partial charge in [-0.2, -0.15) is 0 Å². The molecule has 5 nitrogen and oxygen atoms in total. The molecule has 2 N–H and O–H groups in total. The first kappa shape index (κ1) is 14.2. The van der Waals surface area contributed by atoms with E-state index in [1.54, 1.807) is 12.1 Å². The molecule has 1 heterocycles. The summed E-state index contributed by atoms with van der Waals surface area (Å²) in [5, 5.41) is 5.59. The number of furan rings is 1. The molecule has 1 aromatic heterocycles. The first-order valence-corrected chi connectivity index (χ1v) is 7.74. The summed E-state index contributed by atoms with van der Waals surface area (Å²) in [7, 11) is 0. The summed E-state index contributed by atoms with van der Waals surface area (Å²) in [5.41, 5.74) is 0. The van der Waals surface area contributed by atoms with Gasteiger partial charge in [0.1, 0.15) is 0 Å². The molecule has 0 saturated heterocycles. The molecule has 0 aromatic carbocycles. The number of carbonyl (C=O) groups excluding carboxylic acids is 2. The molecule has 4 unspecified atom stereocenters. The maximum atomic E-state index is 11.9. The molecule has 0 aliphatic heterocycles. The van der Waals surface area contributed by atoms with E-state index in [1.165, 1.54) is 31.9 Å². The van der Waals surface area contributed by atoms with E-state index in [0.717, 1.165) is 11.8 Å². The third-order valence-electron chi connectivity index (χ3n) is 4.98. The zero-order chi connectivity index (χ0) is 14.8. The zero-order valence-corrected chi connectivity index (χ0v) is 12.3. The number of fused-ring (bicyclic) bond motifs is 2. The molecule has 0 radical (unpaired) electrons. The summed E-state index contributed by atoms with van der Waals surface area (Å²) in [6.07, 6.45) is 6.68. The molecular weight excluding hydrogens is 268 g/mol. The van der Waals surface area contributed by atoms with Crippen LogP contribution in [0.3, 0.4) is 0 Å². The second-order valence-electron chi connectivity index (χ2n) is 6.35. The lowest BCUT2D eigenvalue weighted by atomic mass is 9.84. The molecule has 2 amide bonds. The highest BCUT2D eigenvalue weighted by atomic mass is 16.3. The van der Waals surface area contributed by atoms with E-state index in [0.29, 0.717) is 5.92 Å². The Labute approximate surface area is 124 Å². The number of hydrogen-bond donors (Lipinski definition) is 2. The lowest BCUT2D eigenvalue weighted by molar-refractivity contribution is -0.121. The summed E-state index contributed by atoms with van der Waals surface area (Å²) in [6.45, 7) is 2.07. The predicted octanol–water partition coefficient (Wildman–Crippen LogP) is 1.95. The van der Waals surface area contributed by atoms with Crippen molar-refractivity contribution in [1.29, 1.82) is 0 Å². The van der Waals surface area contributed by atoms with Crippen molar-refractivity contribution in [3.63, 3.8) is 0 Å². The summed E-state index contributed by atoms with van der Waals surface area (Å²) in [4.78, 5) is 23.6. The highest BCUT2D eigenvalue weighted by molar-refractivity contribution is 5.94. The van der Waals surface area contributed by atoms with Gasteiger partial charge in [0.2, 0.25) is 5.91 Å². The van der Waals surface area contributed by atoms with Gasteiger partial charge in [0.05, 0.1) is 12.8 Å². The minimum atomic E-state index is -0.359. The molecule has 4 atom stereocenters. The van der Waals surface area contributed by atoms with Gasteiger partial charge in [-0.05, 0) is 56.1 Å². The van der Waals surface area contributed by atoms with Crippen LogP contribution in [0.1, 0.15) is 43.2 Å². The monoisotopic (exact) mass is 290 g/mol. The Balaban J connectivity index is 1.43. The molecule has 2 aliphatic carbocycles. The van der Waals surface area contributed by atoms with Crippen molar-refractivity contribution in [1.82, 2.24) is 10.6 Å². The summed E-state index contributed by atoms with van der Waals surface area (Å²) >= 11 is 0. The van der Waals surface area contributed by atoms with E-state index in [1.807, 2.05) is 0 Å². The van der Waals surface area contributed by atoms with Crippen LogP contribution in [0.25, 0.3) is 0 Å². The van der Waals surface area contributed by atoms with Crippen LogP contribution in [0.15, 0.2) is 22.8 Å². The fraction of sp³-hybridized carbons (Fsp3) is 0.625. The maximum Gasteiger partial charge on any atom is 0.287 e. The quantitative estimate of drug-likeness (QED) is 0.870. The van der Waals surface area contributed by atoms with E-state index in [4.69, 9.17) is 4.42 Å². The molecule has 21 heavy (non-hydrogen) atoms. The number of rotatable bonds is 5. The highest BCUT2D eigenvalue weighted by Gasteiger charge is 2.42. The van der Waals surface area contributed by atoms with Crippen LogP contribution in [-0.2, 0) is 4.79 Å². The van der Waals surface area contributed by atoms with Crippen LogP contribution >= 0.6 is 0 Å². The van der Waals surface area contributed by atoms with E-state index < -0.39 is 0 Å². The maximum absolute atomic E-state index is 11.9. The van der Waals surface area contributed by atoms with Gasteiger partial charge in [-0.3, -0.25) is 9.59 Å². The second-order valence-corrected chi connectivity index (χ2v) is 6.35. The smallest absolute Gasteiger partial charge is 0.287 e. The third-order valence-corrected chi connectivity index (χ3v) is 4.98. The van der Waals surface area contributed by atoms with Crippen molar-refractivity contribution in [2.75, 3.05) is 6.54 Å². The Morgan fingerprint density at radius 2 is 2.24 bits per heavy atom. The van der Waals surface area contributed by atoms with E-state index >= 15 is 0 Å². The average Bonchev–Trinajstić information content (AvgIpc) is 3.20. The van der Waals surface area contributed by atoms with Crippen LogP contribution in [0.2, 0.25) is 0 Å². The van der Waals surface area contributed by atoms with Crippen molar-refractivity contribution in [3.8, 4) is 0 Å². The highest BCUT2D eigenvalue weighted by Crippen LogP contribution is 2.49. The van der Waals surface area contributed by atoms with Crippen molar-refractivity contribution >= 4 is 11.8 Å². The Morgan fingerprint density at radius 1 is 1.38 bits per heavy atom. The van der Waals surface area contributed by atoms with Crippen molar-refractivity contribution < 1.29 is 14.0 Å². The average molecular weight is 290 g/mol. The van der Waals surface area contributed by atoms with Gasteiger partial charge in [-0.25, -0.2) is 0 Å². The van der Waals surface area contributed by atoms with Gasteiger partial charge < -0.3 is 15.1 Å². The number of carbonyl (C=O) groups is 2. The molecule has 2 saturated carbocycles. The Kier molecular flexibility index (Phi) is 3.99. The first-order valence-electron chi connectivity index (χ1n) is 7.74. The van der Waals surface area contributed by atoms with Gasteiger partial charge in [-0.15, -0.1) is 0 Å². The molecule has 2 aliphatic rings. The van der Waals surface area contributed by atoms with Gasteiger partial charge in [-0.1, -0.05) is 6.42 Å². The number of nitrogens with one attached hydrogen (secondary N) is 2. The second kappa shape index (κ2) is 5.92. The van der Waals surface area contributed by atoms with E-state index in [-0.39, 0.29) is 30.2 Å². The number of amides is 2. The predicted molar refractivity (Wildman–Crippen MR) is 77.6 cm³/mol. The zero-order valence-electron chi connectivity index (χ0n) is 12.3. The van der Waals surface area contributed by atoms with Crippen LogP contribution in [0.5, 0.6) is 0 Å². The molecule has 2 fully saturated rings. The lowest BCUT2D eigenvalue weighted by Crippen LogP contribution is -2.44. The molecule has 2 bridgehead atoms. The Hall–Kier alpha value is -1.78. The molecule has 1 aromatic rings. The van der Waals surface area contributed by atoms with Gasteiger partial charge in [0.15, 0.2) is 5.76 Å². The normalized spacial score (nSPS) is 28.3. The van der Waals surface area contributed by atoms with Gasteiger partial charge in [0.25, 0.3) is 5.91 Å². The van der Waals surface area contributed by atoms with Gasteiger partial charge >= 0.3 is 0 Å². The van der Waals surface area contributed by atoms with Crippen LogP contribution in [0, 0.1) is 17.8 Å². The van der Waals surface area contributed by atoms with Crippen LogP contribution in [0.4, 0.5) is 0 Å². The topological polar surface area (TPSA) is 71.3 Å². The van der Waals surface area contributed by atoms with Crippen molar-refractivity contribution in [3.05, 3.63) is 24.2 Å². The lowest BCUT2D eigenvalue weighted by Gasteiger charge is -2.28. The largest absolute Gasteiger partial charge is 0.459 e. The molecule has 0 spiro atoms. The number of hydrogen-bond acceptors (Lipinski definition) is 3. The molecule has 114 valence electrons. The molecule has 3 rings (SSSR count). The summed E-state index contributed by atoms with van der Waals surface area (Å²) in [6, 6.07) is 3.41. The fourth-order valence-corrected chi connectivity index (χ4v) is 3.97. The van der Waals surface area contributed by atoms with Crippen LogP contribution in [-0.4, -0.2) is 24.4 Å². The third kappa shape index (κ3) is 3.12. The molecular formula is C16H22N2O3. The van der Waals surface area contributed by atoms with Crippen molar-refractivity contribution in [2.24, 2.45) is 17.8 Å². The summed E-state index contributed by atoms with van der Waals surface area (Å²) < 4.78 is 4.98.